The van der Waals surface area contributed by atoms with Crippen molar-refractivity contribution in [2.75, 3.05) is 0 Å². The highest BCUT2D eigenvalue weighted by molar-refractivity contribution is 5.98. The molecule has 0 bridgehead atoms. The van der Waals surface area contributed by atoms with E-state index in [4.69, 9.17) is 0 Å². The molecule has 1 unspecified atom stereocenters. The molecular formula is C13H10F3N3O4. The Morgan fingerprint density at radius 2 is 2.00 bits per heavy atom. The SMILES string of the molecule is CC(=O)C1=C(C(F)(F)F)NC(=O)NC1c1cccc([N+](=O)[O-])c1. The van der Waals surface area contributed by atoms with Gasteiger partial charge < -0.3 is 10.6 Å². The number of amides is 2. The number of hydrogen-bond donors (Lipinski definition) is 2. The standard InChI is InChI=1S/C13H10F3N3O4/c1-6(20)9-10(7-3-2-4-8(5-7)19(22)23)17-12(21)18-11(9)13(14,15)16/h2-5,10H,1H3,(H2,17,18,21). The first-order chi connectivity index (χ1) is 10.6. The van der Waals surface area contributed by atoms with E-state index in [-0.39, 0.29) is 11.3 Å². The molecule has 0 spiro atoms. The molecule has 2 amide bonds. The molecule has 2 rings (SSSR count). The minimum atomic E-state index is -4.95. The van der Waals surface area contributed by atoms with Crippen molar-refractivity contribution in [2.24, 2.45) is 0 Å². The van der Waals surface area contributed by atoms with Crippen LogP contribution in [0.5, 0.6) is 0 Å². The summed E-state index contributed by atoms with van der Waals surface area (Å²) in [5, 5.41) is 14.5. The normalized spacial score (nSPS) is 18.3. The average molecular weight is 329 g/mol. The van der Waals surface area contributed by atoms with Crippen LogP contribution in [0.1, 0.15) is 18.5 Å². The van der Waals surface area contributed by atoms with Crippen molar-refractivity contribution in [1.29, 1.82) is 0 Å². The van der Waals surface area contributed by atoms with Crippen molar-refractivity contribution >= 4 is 17.5 Å². The van der Waals surface area contributed by atoms with Gasteiger partial charge in [0.1, 0.15) is 5.70 Å². The molecule has 1 aliphatic rings. The second-order valence-electron chi connectivity index (χ2n) is 4.73. The number of benzene rings is 1. The van der Waals surface area contributed by atoms with E-state index in [2.05, 4.69) is 5.32 Å². The number of alkyl halides is 3. The molecule has 1 heterocycles. The van der Waals surface area contributed by atoms with Crippen LogP contribution in [0.2, 0.25) is 0 Å². The number of urea groups is 1. The Bertz CT molecular complexity index is 727. The summed E-state index contributed by atoms with van der Waals surface area (Å²) in [6, 6.07) is 2.12. The van der Waals surface area contributed by atoms with E-state index >= 15 is 0 Å². The Morgan fingerprint density at radius 1 is 1.35 bits per heavy atom. The van der Waals surface area contributed by atoms with E-state index in [1.807, 2.05) is 0 Å². The van der Waals surface area contributed by atoms with Crippen molar-refractivity contribution in [3.8, 4) is 0 Å². The number of halogens is 3. The zero-order valence-corrected chi connectivity index (χ0v) is 11.6. The molecule has 0 aliphatic carbocycles. The van der Waals surface area contributed by atoms with Crippen LogP contribution in [0.4, 0.5) is 23.7 Å². The summed E-state index contributed by atoms with van der Waals surface area (Å²) in [6.07, 6.45) is -4.95. The van der Waals surface area contributed by atoms with Gasteiger partial charge in [-0.15, -0.1) is 0 Å². The lowest BCUT2D eigenvalue weighted by atomic mass is 9.92. The fraction of sp³-hybridized carbons (Fsp3) is 0.231. The monoisotopic (exact) mass is 329 g/mol. The van der Waals surface area contributed by atoms with E-state index in [0.717, 1.165) is 19.1 Å². The third kappa shape index (κ3) is 3.30. The van der Waals surface area contributed by atoms with Crippen LogP contribution in [0.3, 0.4) is 0 Å². The van der Waals surface area contributed by atoms with Crippen LogP contribution in [0, 0.1) is 10.1 Å². The second-order valence-corrected chi connectivity index (χ2v) is 4.73. The number of ketones is 1. The summed E-state index contributed by atoms with van der Waals surface area (Å²) in [7, 11) is 0. The van der Waals surface area contributed by atoms with Crippen LogP contribution >= 0.6 is 0 Å². The number of Topliss-reactive ketones (excluding diaryl/α,β-unsaturated/α-hetero) is 1. The first-order valence-electron chi connectivity index (χ1n) is 6.25. The number of hydrogen-bond acceptors (Lipinski definition) is 4. The van der Waals surface area contributed by atoms with Crippen molar-refractivity contribution < 1.29 is 27.7 Å². The molecule has 0 aromatic heterocycles. The predicted octanol–water partition coefficient (Wildman–Crippen LogP) is 2.35. The highest BCUT2D eigenvalue weighted by atomic mass is 19.4. The lowest BCUT2D eigenvalue weighted by molar-refractivity contribution is -0.384. The third-order valence-electron chi connectivity index (χ3n) is 3.15. The molecule has 7 nitrogen and oxygen atoms in total. The maximum absolute atomic E-state index is 13.1. The predicted molar refractivity (Wildman–Crippen MR) is 71.3 cm³/mol. The van der Waals surface area contributed by atoms with E-state index < -0.39 is 40.2 Å². The quantitative estimate of drug-likeness (QED) is 0.656. The first kappa shape index (κ1) is 16.5. The molecule has 1 atom stereocenters. The molecule has 1 aliphatic heterocycles. The Balaban J connectivity index is 2.63. The Kier molecular flexibility index (Phi) is 4.08. The molecule has 0 saturated carbocycles. The Morgan fingerprint density at radius 3 is 2.52 bits per heavy atom. The molecule has 23 heavy (non-hydrogen) atoms. The van der Waals surface area contributed by atoms with Crippen LogP contribution in [-0.2, 0) is 4.79 Å². The topological polar surface area (TPSA) is 101 Å². The van der Waals surface area contributed by atoms with Gasteiger partial charge in [0.05, 0.1) is 16.5 Å². The van der Waals surface area contributed by atoms with Crippen molar-refractivity contribution in [3.63, 3.8) is 0 Å². The van der Waals surface area contributed by atoms with Gasteiger partial charge in [0.15, 0.2) is 5.78 Å². The fourth-order valence-electron chi connectivity index (χ4n) is 2.24. The van der Waals surface area contributed by atoms with Crippen LogP contribution < -0.4 is 10.6 Å². The number of allylic oxidation sites excluding steroid dienone is 1. The summed E-state index contributed by atoms with van der Waals surface area (Å²) in [4.78, 5) is 33.2. The largest absolute Gasteiger partial charge is 0.431 e. The molecule has 10 heteroatoms. The van der Waals surface area contributed by atoms with E-state index in [1.54, 1.807) is 5.32 Å². The van der Waals surface area contributed by atoms with Crippen LogP contribution in [-0.4, -0.2) is 22.9 Å². The summed E-state index contributed by atoms with van der Waals surface area (Å²) in [5.74, 6) is -0.915. The van der Waals surface area contributed by atoms with Gasteiger partial charge in [-0.25, -0.2) is 4.79 Å². The molecule has 1 aromatic rings. The smallest absolute Gasteiger partial charge is 0.327 e. The molecule has 122 valence electrons. The zero-order chi connectivity index (χ0) is 17.4. The third-order valence-corrected chi connectivity index (χ3v) is 3.15. The number of carbonyl (C=O) groups is 2. The van der Waals surface area contributed by atoms with E-state index in [9.17, 15) is 32.9 Å². The van der Waals surface area contributed by atoms with Gasteiger partial charge in [-0.1, -0.05) is 12.1 Å². The maximum atomic E-state index is 13.1. The lowest BCUT2D eigenvalue weighted by Crippen LogP contribution is -2.48. The number of nitro groups is 1. The molecule has 1 aromatic carbocycles. The van der Waals surface area contributed by atoms with E-state index in [0.29, 0.717) is 0 Å². The van der Waals surface area contributed by atoms with Gasteiger partial charge in [0.2, 0.25) is 0 Å². The zero-order valence-electron chi connectivity index (χ0n) is 11.6. The van der Waals surface area contributed by atoms with Crippen molar-refractivity contribution in [3.05, 3.63) is 51.2 Å². The minimum absolute atomic E-state index is 0.000926. The van der Waals surface area contributed by atoms with Gasteiger partial charge in [-0.2, -0.15) is 13.2 Å². The van der Waals surface area contributed by atoms with Gasteiger partial charge in [-0.3, -0.25) is 14.9 Å². The molecular weight excluding hydrogens is 319 g/mol. The average Bonchev–Trinajstić information content (AvgIpc) is 2.45. The molecule has 0 radical (unpaired) electrons. The number of rotatable bonds is 3. The van der Waals surface area contributed by atoms with Gasteiger partial charge in [0.25, 0.3) is 5.69 Å². The highest BCUT2D eigenvalue weighted by Gasteiger charge is 2.44. The minimum Gasteiger partial charge on any atom is -0.327 e. The maximum Gasteiger partial charge on any atom is 0.431 e. The fourth-order valence-corrected chi connectivity index (χ4v) is 2.24. The number of non-ortho nitro benzene ring substituents is 1. The number of carbonyl (C=O) groups excluding carboxylic acids is 2. The summed E-state index contributed by atoms with van der Waals surface area (Å²) in [6.45, 7) is 0.921. The van der Waals surface area contributed by atoms with Crippen LogP contribution in [0.25, 0.3) is 0 Å². The highest BCUT2D eigenvalue weighted by Crippen LogP contribution is 2.35. The number of nitrogens with one attached hydrogen (secondary N) is 2. The molecule has 2 N–H and O–H groups in total. The second kappa shape index (κ2) is 5.71. The Labute approximate surface area is 127 Å². The Hall–Kier alpha value is -2.91. The van der Waals surface area contributed by atoms with Gasteiger partial charge >= 0.3 is 12.2 Å². The summed E-state index contributed by atoms with van der Waals surface area (Å²) < 4.78 is 39.2. The van der Waals surface area contributed by atoms with Gasteiger partial charge in [0, 0.05) is 12.1 Å². The number of nitrogens with zero attached hydrogens (tertiary/aromatic N) is 1. The molecule has 0 saturated heterocycles. The lowest BCUT2D eigenvalue weighted by Gasteiger charge is -2.29. The van der Waals surface area contributed by atoms with Gasteiger partial charge in [-0.05, 0) is 12.5 Å². The number of nitro benzene ring substituents is 1. The summed E-state index contributed by atoms with van der Waals surface area (Å²) in [5.41, 5.74) is -2.55. The van der Waals surface area contributed by atoms with Crippen molar-refractivity contribution in [1.82, 2.24) is 10.6 Å². The van der Waals surface area contributed by atoms with E-state index in [1.165, 1.54) is 12.1 Å². The summed E-state index contributed by atoms with van der Waals surface area (Å²) >= 11 is 0. The first-order valence-corrected chi connectivity index (χ1v) is 6.25. The molecule has 0 fully saturated rings. The van der Waals surface area contributed by atoms with Crippen LogP contribution in [0.15, 0.2) is 35.5 Å². The van der Waals surface area contributed by atoms with Crippen molar-refractivity contribution in [2.45, 2.75) is 19.1 Å².